The Balaban J connectivity index is 2.98. The van der Waals surface area contributed by atoms with Crippen molar-refractivity contribution in [3.8, 4) is 17.2 Å². The monoisotopic (exact) mass is 283 g/mol. The van der Waals surface area contributed by atoms with E-state index in [4.69, 9.17) is 14.2 Å². The van der Waals surface area contributed by atoms with Crippen molar-refractivity contribution >= 4 is 5.97 Å². The van der Waals surface area contributed by atoms with Gasteiger partial charge in [0, 0.05) is 24.5 Å². The lowest BCUT2D eigenvalue weighted by atomic mass is 9.99. The molecule has 0 unspecified atom stereocenters. The number of aliphatic carboxylic acids is 1. The van der Waals surface area contributed by atoms with E-state index in [2.05, 4.69) is 5.73 Å². The van der Waals surface area contributed by atoms with Gasteiger partial charge in [0.1, 0.15) is 23.3 Å². The van der Waals surface area contributed by atoms with E-state index >= 15 is 0 Å². The highest BCUT2D eigenvalue weighted by atomic mass is 16.5. The molecule has 0 aliphatic rings. The Kier molecular flexibility index (Phi) is 6.11. The van der Waals surface area contributed by atoms with Crippen LogP contribution in [0.1, 0.15) is 30.9 Å². The molecule has 112 valence electrons. The molecule has 20 heavy (non-hydrogen) atoms. The van der Waals surface area contributed by atoms with Crippen molar-refractivity contribution in [2.45, 2.75) is 25.3 Å². The second-order valence-electron chi connectivity index (χ2n) is 4.41. The topological polar surface area (TPSA) is 95.5 Å². The molecule has 6 nitrogen and oxygen atoms in total. The first-order valence-corrected chi connectivity index (χ1v) is 6.36. The van der Waals surface area contributed by atoms with Crippen LogP contribution in [-0.2, 0) is 4.79 Å². The van der Waals surface area contributed by atoms with E-state index in [1.807, 2.05) is 0 Å². The van der Waals surface area contributed by atoms with E-state index in [1.54, 1.807) is 33.5 Å². The first kappa shape index (κ1) is 16.1. The number of hydrogen-bond acceptors (Lipinski definition) is 5. The third-order valence-electron chi connectivity index (χ3n) is 3.09. The summed E-state index contributed by atoms with van der Waals surface area (Å²) in [4.78, 5) is 10.4. The molecular weight excluding hydrogens is 262 g/mol. The second-order valence-corrected chi connectivity index (χ2v) is 4.41. The molecule has 1 aromatic rings. The molecule has 0 radical (unpaired) electrons. The van der Waals surface area contributed by atoms with Crippen LogP contribution in [0.4, 0.5) is 0 Å². The minimum atomic E-state index is -1.05. The lowest BCUT2D eigenvalue weighted by Crippen LogP contribution is -2.53. The van der Waals surface area contributed by atoms with Gasteiger partial charge in [-0.3, -0.25) is 0 Å². The predicted octanol–water partition coefficient (Wildman–Crippen LogP) is -0.0844. The number of carboxylic acid groups (broad SMARTS) is 1. The van der Waals surface area contributed by atoms with E-state index in [0.717, 1.165) is 5.56 Å². The van der Waals surface area contributed by atoms with Crippen molar-refractivity contribution in [3.05, 3.63) is 17.7 Å². The zero-order valence-electron chi connectivity index (χ0n) is 12.1. The maximum Gasteiger partial charge on any atom is 0.135 e. The molecule has 0 aliphatic carbocycles. The summed E-state index contributed by atoms with van der Waals surface area (Å²) in [5.41, 5.74) is 4.88. The molecule has 0 heterocycles. The maximum absolute atomic E-state index is 10.4. The summed E-state index contributed by atoms with van der Waals surface area (Å²) < 4.78 is 15.9. The Labute approximate surface area is 118 Å². The molecule has 0 fully saturated rings. The molecule has 6 heteroatoms. The summed E-state index contributed by atoms with van der Waals surface area (Å²) in [6, 6.07) is 3.38. The maximum atomic E-state index is 10.4. The third-order valence-corrected chi connectivity index (χ3v) is 3.09. The first-order valence-electron chi connectivity index (χ1n) is 6.36. The van der Waals surface area contributed by atoms with Crippen LogP contribution in [0.3, 0.4) is 0 Å². The smallest absolute Gasteiger partial charge is 0.135 e. The summed E-state index contributed by atoms with van der Waals surface area (Å²) >= 11 is 0. The molecule has 1 aromatic carbocycles. The van der Waals surface area contributed by atoms with Crippen LogP contribution in [0.15, 0.2) is 12.1 Å². The van der Waals surface area contributed by atoms with Gasteiger partial charge < -0.3 is 29.8 Å². The highest BCUT2D eigenvalue weighted by Crippen LogP contribution is 2.38. The van der Waals surface area contributed by atoms with Crippen molar-refractivity contribution in [1.29, 1.82) is 0 Å². The van der Waals surface area contributed by atoms with Gasteiger partial charge in [0.25, 0.3) is 0 Å². The van der Waals surface area contributed by atoms with Crippen LogP contribution < -0.4 is 25.1 Å². The minimum absolute atomic E-state index is 0.0206. The summed E-state index contributed by atoms with van der Waals surface area (Å²) in [6.45, 7) is 0. The Morgan fingerprint density at radius 3 is 2.15 bits per heavy atom. The zero-order valence-corrected chi connectivity index (χ0v) is 12.1. The average molecular weight is 283 g/mol. The lowest BCUT2D eigenvalue weighted by Gasteiger charge is -2.18. The highest BCUT2D eigenvalue weighted by Gasteiger charge is 2.22. The van der Waals surface area contributed by atoms with Crippen LogP contribution in [0.5, 0.6) is 17.2 Å². The van der Waals surface area contributed by atoms with Gasteiger partial charge in [0.2, 0.25) is 0 Å². The second kappa shape index (κ2) is 7.59. The Morgan fingerprint density at radius 1 is 1.20 bits per heavy atom. The largest absolute Gasteiger partial charge is 0.550 e. The van der Waals surface area contributed by atoms with Crippen molar-refractivity contribution in [2.75, 3.05) is 21.3 Å². The first-order chi connectivity index (χ1) is 9.53. The van der Waals surface area contributed by atoms with Crippen molar-refractivity contribution in [3.63, 3.8) is 0 Å². The molecule has 0 saturated heterocycles. The van der Waals surface area contributed by atoms with Gasteiger partial charge in [-0.15, -0.1) is 0 Å². The quantitative estimate of drug-likeness (QED) is 0.719. The third kappa shape index (κ3) is 4.03. The van der Waals surface area contributed by atoms with Crippen LogP contribution in [0.25, 0.3) is 0 Å². The van der Waals surface area contributed by atoms with Gasteiger partial charge in [0.15, 0.2) is 0 Å². The van der Waals surface area contributed by atoms with Crippen LogP contribution in [-0.4, -0.2) is 27.3 Å². The fraction of sp³-hybridized carbons (Fsp3) is 0.500. The highest BCUT2D eigenvalue weighted by molar-refractivity contribution is 5.64. The van der Waals surface area contributed by atoms with E-state index in [9.17, 15) is 9.90 Å². The standard InChI is InChI=1S/C14H21NO5/c1-18-9-7-11(19-2)14(12(8-9)20-3)10(15)5-4-6-13(16)17/h7-8,10H,4-6,15H2,1-3H3,(H,16,17)/t10-/m1/s1. The lowest BCUT2D eigenvalue weighted by molar-refractivity contribution is -0.428. The number of carbonyl (C=O) groups is 1. The number of carboxylic acids is 1. The van der Waals surface area contributed by atoms with E-state index in [0.29, 0.717) is 30.1 Å². The Morgan fingerprint density at radius 2 is 1.75 bits per heavy atom. The van der Waals surface area contributed by atoms with Crippen molar-refractivity contribution in [1.82, 2.24) is 0 Å². The number of hydrogen-bond donors (Lipinski definition) is 1. The summed E-state index contributed by atoms with van der Waals surface area (Å²) in [7, 11) is 4.69. The molecule has 0 aliphatic heterocycles. The molecule has 0 saturated carbocycles. The van der Waals surface area contributed by atoms with Gasteiger partial charge >= 0.3 is 0 Å². The van der Waals surface area contributed by atoms with Crippen LogP contribution in [0.2, 0.25) is 0 Å². The average Bonchev–Trinajstić information content (AvgIpc) is 2.44. The fourth-order valence-corrected chi connectivity index (χ4v) is 2.07. The summed E-state index contributed by atoms with van der Waals surface area (Å²) in [6.07, 6.45) is 1.12. The molecule has 0 aromatic heterocycles. The van der Waals surface area contributed by atoms with Crippen molar-refractivity contribution < 1.29 is 29.8 Å². The van der Waals surface area contributed by atoms with E-state index in [-0.39, 0.29) is 12.5 Å². The molecule has 3 N–H and O–H groups in total. The van der Waals surface area contributed by atoms with Gasteiger partial charge in [-0.25, -0.2) is 0 Å². The number of ether oxygens (including phenoxy) is 3. The number of quaternary nitrogens is 1. The molecule has 0 bridgehead atoms. The van der Waals surface area contributed by atoms with Gasteiger partial charge in [-0.1, -0.05) is 0 Å². The molecule has 0 spiro atoms. The summed E-state index contributed by atoms with van der Waals surface area (Å²) in [5.74, 6) is 0.819. The fourth-order valence-electron chi connectivity index (χ4n) is 2.07. The van der Waals surface area contributed by atoms with Gasteiger partial charge in [0.05, 0.1) is 26.9 Å². The Bertz CT molecular complexity index is 436. The normalized spacial score (nSPS) is 11.8. The zero-order chi connectivity index (χ0) is 15.1. The molecule has 1 rings (SSSR count). The molecule has 0 amide bonds. The van der Waals surface area contributed by atoms with Crippen LogP contribution >= 0.6 is 0 Å². The molecule has 1 atom stereocenters. The van der Waals surface area contributed by atoms with Gasteiger partial charge in [-0.2, -0.15) is 0 Å². The van der Waals surface area contributed by atoms with Gasteiger partial charge in [-0.05, 0) is 12.8 Å². The van der Waals surface area contributed by atoms with Crippen LogP contribution in [0, 0.1) is 0 Å². The van der Waals surface area contributed by atoms with E-state index < -0.39 is 5.97 Å². The Hall–Kier alpha value is -1.95. The summed E-state index contributed by atoms with van der Waals surface area (Å²) in [5, 5.41) is 10.4. The number of rotatable bonds is 8. The van der Waals surface area contributed by atoms with E-state index in [1.165, 1.54) is 0 Å². The number of methoxy groups -OCH3 is 3. The minimum Gasteiger partial charge on any atom is -0.550 e. The number of carbonyl (C=O) groups excluding carboxylic acids is 1. The van der Waals surface area contributed by atoms with Crippen molar-refractivity contribution in [2.24, 2.45) is 0 Å². The number of benzene rings is 1. The predicted molar refractivity (Wildman–Crippen MR) is 70.6 cm³/mol. The SMILES string of the molecule is COc1cc(OC)c([C@H]([NH3+])CCCC(=O)[O-])c(OC)c1. The molecular formula is C14H21NO5.